The molecule has 0 saturated heterocycles. The molecule has 0 spiro atoms. The van der Waals surface area contributed by atoms with Crippen molar-refractivity contribution in [2.75, 3.05) is 0 Å². The van der Waals surface area contributed by atoms with E-state index in [0.29, 0.717) is 17.3 Å². The van der Waals surface area contributed by atoms with E-state index in [1.807, 2.05) is 45.0 Å². The van der Waals surface area contributed by atoms with Crippen molar-refractivity contribution in [3.63, 3.8) is 0 Å². The third-order valence-electron chi connectivity index (χ3n) is 2.99. The molecule has 0 bridgehead atoms. The third kappa shape index (κ3) is 2.89. The molecule has 0 fully saturated rings. The Morgan fingerprint density at radius 1 is 1.35 bits per heavy atom. The van der Waals surface area contributed by atoms with Crippen LogP contribution in [0, 0.1) is 11.3 Å². The Morgan fingerprint density at radius 3 is 2.50 bits per heavy atom. The third-order valence-corrected chi connectivity index (χ3v) is 4.15. The quantitative estimate of drug-likeness (QED) is 0.797. The zero-order chi connectivity index (χ0) is 14.9. The highest BCUT2D eigenvalue weighted by atomic mass is 79.9. The predicted octanol–water partition coefficient (Wildman–Crippen LogP) is 4.52. The Balaban J connectivity index is 2.47. The van der Waals surface area contributed by atoms with Crippen molar-refractivity contribution < 1.29 is 0 Å². The number of benzene rings is 1. The number of aromatic nitrogens is 2. The second kappa shape index (κ2) is 5.59. The van der Waals surface area contributed by atoms with E-state index in [1.54, 1.807) is 4.68 Å². The Kier molecular flexibility index (Phi) is 4.22. The highest BCUT2D eigenvalue weighted by Crippen LogP contribution is 2.30. The van der Waals surface area contributed by atoms with Gasteiger partial charge >= 0.3 is 0 Å². The maximum Gasteiger partial charge on any atom is 0.145 e. The smallest absolute Gasteiger partial charge is 0.145 e. The molecule has 1 aromatic carbocycles. The highest BCUT2D eigenvalue weighted by molar-refractivity contribution is 9.10. The molecule has 104 valence electrons. The standard InChI is InChI=1S/C15H15BrClN3/c1-15(2,3)13-11(8-18)14(17)20(19-13)9-10-6-4-5-7-12(10)16/h4-7H,9H2,1-3H3. The first-order valence-electron chi connectivity index (χ1n) is 6.25. The zero-order valence-corrected chi connectivity index (χ0v) is 14.0. The van der Waals surface area contributed by atoms with Crippen molar-refractivity contribution in [3.05, 3.63) is 50.7 Å². The monoisotopic (exact) mass is 351 g/mol. The van der Waals surface area contributed by atoms with Crippen LogP contribution < -0.4 is 0 Å². The van der Waals surface area contributed by atoms with Crippen LogP contribution in [0.3, 0.4) is 0 Å². The molecule has 2 rings (SSSR count). The second-order valence-corrected chi connectivity index (χ2v) is 6.84. The van der Waals surface area contributed by atoms with E-state index in [2.05, 4.69) is 27.1 Å². The second-order valence-electron chi connectivity index (χ2n) is 5.63. The van der Waals surface area contributed by atoms with E-state index >= 15 is 0 Å². The molecule has 1 aromatic heterocycles. The van der Waals surface area contributed by atoms with Crippen molar-refractivity contribution in [2.24, 2.45) is 0 Å². The molecule has 3 nitrogen and oxygen atoms in total. The van der Waals surface area contributed by atoms with E-state index in [1.165, 1.54) is 0 Å². The van der Waals surface area contributed by atoms with Gasteiger partial charge in [0.1, 0.15) is 16.8 Å². The first-order chi connectivity index (χ1) is 9.34. The summed E-state index contributed by atoms with van der Waals surface area (Å²) in [6, 6.07) is 10.1. The Morgan fingerprint density at radius 2 is 2.00 bits per heavy atom. The van der Waals surface area contributed by atoms with Crippen molar-refractivity contribution in [1.29, 1.82) is 5.26 Å². The van der Waals surface area contributed by atoms with Gasteiger partial charge in [-0.2, -0.15) is 10.4 Å². The van der Waals surface area contributed by atoms with E-state index in [-0.39, 0.29) is 5.41 Å². The fourth-order valence-corrected chi connectivity index (χ4v) is 2.60. The van der Waals surface area contributed by atoms with Gasteiger partial charge in [-0.05, 0) is 11.6 Å². The van der Waals surface area contributed by atoms with E-state index in [9.17, 15) is 5.26 Å². The molecule has 0 unspecified atom stereocenters. The Hall–Kier alpha value is -1.31. The number of hydrogen-bond donors (Lipinski definition) is 0. The molecule has 1 heterocycles. The molecule has 0 aliphatic heterocycles. The van der Waals surface area contributed by atoms with E-state index in [0.717, 1.165) is 15.7 Å². The largest absolute Gasteiger partial charge is 0.248 e. The van der Waals surface area contributed by atoms with E-state index < -0.39 is 0 Å². The van der Waals surface area contributed by atoms with Crippen molar-refractivity contribution >= 4 is 27.5 Å². The lowest BCUT2D eigenvalue weighted by Gasteiger charge is -2.15. The first kappa shape index (κ1) is 15.1. The highest BCUT2D eigenvalue weighted by Gasteiger charge is 2.26. The van der Waals surface area contributed by atoms with Crippen molar-refractivity contribution in [3.8, 4) is 6.07 Å². The Labute approximate surface area is 132 Å². The van der Waals surface area contributed by atoms with Crippen LogP contribution in [0.1, 0.15) is 37.6 Å². The molecule has 0 aliphatic rings. The van der Waals surface area contributed by atoms with Gasteiger partial charge in [0.05, 0.1) is 12.2 Å². The van der Waals surface area contributed by atoms with Crippen LogP contribution in [0.25, 0.3) is 0 Å². The van der Waals surface area contributed by atoms with Gasteiger partial charge in [-0.25, -0.2) is 4.68 Å². The van der Waals surface area contributed by atoms with Crippen molar-refractivity contribution in [1.82, 2.24) is 9.78 Å². The van der Waals surface area contributed by atoms with Crippen LogP contribution in [0.4, 0.5) is 0 Å². The fraction of sp³-hybridized carbons (Fsp3) is 0.333. The summed E-state index contributed by atoms with van der Waals surface area (Å²) in [4.78, 5) is 0. The van der Waals surface area contributed by atoms with Gasteiger partial charge in [0.15, 0.2) is 0 Å². The lowest BCUT2D eigenvalue weighted by Crippen LogP contribution is -2.14. The minimum atomic E-state index is -0.214. The number of nitrogens with zero attached hydrogens (tertiary/aromatic N) is 3. The Bertz CT molecular complexity index is 677. The summed E-state index contributed by atoms with van der Waals surface area (Å²) in [5.74, 6) is 0. The lowest BCUT2D eigenvalue weighted by molar-refractivity contribution is 0.544. The van der Waals surface area contributed by atoms with Crippen molar-refractivity contribution in [2.45, 2.75) is 32.7 Å². The molecule has 0 saturated carbocycles. The van der Waals surface area contributed by atoms with Crippen LogP contribution in [-0.4, -0.2) is 9.78 Å². The topological polar surface area (TPSA) is 41.6 Å². The average molecular weight is 353 g/mol. The number of hydrogen-bond acceptors (Lipinski definition) is 2. The number of halogens is 2. The molecular weight excluding hydrogens is 338 g/mol. The summed E-state index contributed by atoms with van der Waals surface area (Å²) in [6.07, 6.45) is 0. The van der Waals surface area contributed by atoms with Crippen LogP contribution in [0.5, 0.6) is 0 Å². The van der Waals surface area contributed by atoms with Gasteiger partial charge < -0.3 is 0 Å². The summed E-state index contributed by atoms with van der Waals surface area (Å²) in [7, 11) is 0. The zero-order valence-electron chi connectivity index (χ0n) is 11.6. The van der Waals surface area contributed by atoms with Crippen LogP contribution >= 0.6 is 27.5 Å². The van der Waals surface area contributed by atoms with Crippen LogP contribution in [0.2, 0.25) is 5.15 Å². The number of nitriles is 1. The summed E-state index contributed by atoms with van der Waals surface area (Å²) in [5, 5.41) is 14.2. The molecule has 5 heteroatoms. The van der Waals surface area contributed by atoms with E-state index in [4.69, 9.17) is 11.6 Å². The van der Waals surface area contributed by atoms with Gasteiger partial charge in [-0.3, -0.25) is 0 Å². The minimum Gasteiger partial charge on any atom is -0.248 e. The average Bonchev–Trinajstić information content (AvgIpc) is 2.69. The molecular formula is C15H15BrClN3. The SMILES string of the molecule is CC(C)(C)c1nn(Cc2ccccc2Br)c(Cl)c1C#N. The van der Waals surface area contributed by atoms with Gasteiger partial charge in [-0.15, -0.1) is 0 Å². The molecule has 2 aromatic rings. The summed E-state index contributed by atoms with van der Waals surface area (Å²) in [5.41, 5.74) is 2.05. The van der Waals surface area contributed by atoms with Crippen LogP contribution in [0.15, 0.2) is 28.7 Å². The normalized spacial score (nSPS) is 11.4. The summed E-state index contributed by atoms with van der Waals surface area (Å²) >= 11 is 9.81. The first-order valence-corrected chi connectivity index (χ1v) is 7.42. The summed E-state index contributed by atoms with van der Waals surface area (Å²) in [6.45, 7) is 6.60. The number of rotatable bonds is 2. The molecule has 0 radical (unpaired) electrons. The van der Waals surface area contributed by atoms with Gasteiger partial charge in [0.25, 0.3) is 0 Å². The minimum absolute atomic E-state index is 0.214. The van der Waals surface area contributed by atoms with Gasteiger partial charge in [0.2, 0.25) is 0 Å². The fourth-order valence-electron chi connectivity index (χ4n) is 1.96. The van der Waals surface area contributed by atoms with Gasteiger partial charge in [-0.1, -0.05) is 66.5 Å². The molecule has 20 heavy (non-hydrogen) atoms. The molecule has 0 N–H and O–H groups in total. The molecule has 0 atom stereocenters. The van der Waals surface area contributed by atoms with Crippen LogP contribution in [-0.2, 0) is 12.0 Å². The maximum absolute atomic E-state index is 9.30. The molecule has 0 amide bonds. The predicted molar refractivity (Wildman–Crippen MR) is 83.9 cm³/mol. The molecule has 0 aliphatic carbocycles. The maximum atomic E-state index is 9.30. The summed E-state index contributed by atoms with van der Waals surface area (Å²) < 4.78 is 2.68. The lowest BCUT2D eigenvalue weighted by atomic mass is 9.90. The van der Waals surface area contributed by atoms with Gasteiger partial charge in [0, 0.05) is 9.89 Å².